The summed E-state index contributed by atoms with van der Waals surface area (Å²) in [6.07, 6.45) is 0.604. The van der Waals surface area contributed by atoms with Crippen LogP contribution in [-0.4, -0.2) is 39.3 Å². The van der Waals surface area contributed by atoms with Gasteiger partial charge in [-0.25, -0.2) is 8.78 Å². The third-order valence-corrected chi connectivity index (χ3v) is 4.00. The van der Waals surface area contributed by atoms with Gasteiger partial charge in [-0.3, -0.25) is 4.90 Å². The molecular formula is C15H17F2N3O2. The molecule has 1 aliphatic heterocycles. The van der Waals surface area contributed by atoms with Crippen LogP contribution in [0.15, 0.2) is 22.7 Å². The lowest BCUT2D eigenvalue weighted by Gasteiger charge is -2.15. The third-order valence-electron chi connectivity index (χ3n) is 4.00. The van der Waals surface area contributed by atoms with Crippen molar-refractivity contribution in [3.05, 3.63) is 35.7 Å². The topological polar surface area (TPSA) is 62.4 Å². The number of aliphatic hydroxyl groups is 1. The molecule has 0 spiro atoms. The van der Waals surface area contributed by atoms with Gasteiger partial charge in [0.25, 0.3) is 0 Å². The summed E-state index contributed by atoms with van der Waals surface area (Å²) in [4.78, 5) is 6.34. The van der Waals surface area contributed by atoms with E-state index in [2.05, 4.69) is 15.0 Å². The van der Waals surface area contributed by atoms with E-state index in [-0.39, 0.29) is 17.8 Å². The molecule has 0 aliphatic carbocycles. The van der Waals surface area contributed by atoms with E-state index >= 15 is 0 Å². The second-order valence-electron chi connectivity index (χ2n) is 5.67. The molecule has 3 rings (SSSR count). The largest absolute Gasteiger partial charge is 0.393 e. The van der Waals surface area contributed by atoms with Crippen molar-refractivity contribution in [2.45, 2.75) is 26.0 Å². The molecule has 0 amide bonds. The lowest BCUT2D eigenvalue weighted by Crippen LogP contribution is -2.24. The van der Waals surface area contributed by atoms with Gasteiger partial charge in [-0.05, 0) is 44.0 Å². The van der Waals surface area contributed by atoms with Crippen LogP contribution in [0.4, 0.5) is 8.78 Å². The van der Waals surface area contributed by atoms with Crippen molar-refractivity contribution in [3.8, 4) is 11.4 Å². The van der Waals surface area contributed by atoms with E-state index in [1.807, 2.05) is 0 Å². The van der Waals surface area contributed by atoms with Gasteiger partial charge in [0.1, 0.15) is 0 Å². The molecule has 2 unspecified atom stereocenters. The van der Waals surface area contributed by atoms with Gasteiger partial charge in [0.15, 0.2) is 11.6 Å². The molecule has 118 valence electrons. The fourth-order valence-electron chi connectivity index (χ4n) is 2.66. The highest BCUT2D eigenvalue weighted by Gasteiger charge is 2.27. The maximum atomic E-state index is 13.2. The Hall–Kier alpha value is -1.86. The Balaban J connectivity index is 1.68. The van der Waals surface area contributed by atoms with Crippen LogP contribution in [-0.2, 0) is 6.54 Å². The Morgan fingerprint density at radius 3 is 2.91 bits per heavy atom. The van der Waals surface area contributed by atoms with Gasteiger partial charge in [-0.2, -0.15) is 4.98 Å². The highest BCUT2D eigenvalue weighted by atomic mass is 19.2. The first-order valence-electron chi connectivity index (χ1n) is 7.21. The first-order chi connectivity index (χ1) is 10.5. The fourth-order valence-corrected chi connectivity index (χ4v) is 2.66. The number of likely N-dealkylation sites (tertiary alicyclic amines) is 1. The molecule has 7 heteroatoms. The minimum Gasteiger partial charge on any atom is -0.393 e. The third kappa shape index (κ3) is 3.15. The second kappa shape index (κ2) is 6.10. The van der Waals surface area contributed by atoms with Crippen molar-refractivity contribution >= 4 is 0 Å². The molecule has 1 N–H and O–H groups in total. The first-order valence-corrected chi connectivity index (χ1v) is 7.21. The van der Waals surface area contributed by atoms with Crippen LogP contribution in [0.5, 0.6) is 0 Å². The maximum absolute atomic E-state index is 13.2. The Kier molecular flexibility index (Phi) is 4.17. The minimum atomic E-state index is -0.942. The van der Waals surface area contributed by atoms with Gasteiger partial charge in [0.05, 0.1) is 12.6 Å². The summed E-state index contributed by atoms with van der Waals surface area (Å²) in [5.41, 5.74) is 0.372. The number of aromatic nitrogens is 2. The van der Waals surface area contributed by atoms with E-state index in [0.717, 1.165) is 31.6 Å². The Labute approximate surface area is 126 Å². The number of benzene rings is 1. The molecule has 2 atom stereocenters. The minimum absolute atomic E-state index is 0.236. The van der Waals surface area contributed by atoms with E-state index in [0.29, 0.717) is 18.0 Å². The second-order valence-corrected chi connectivity index (χ2v) is 5.67. The molecular weight excluding hydrogens is 292 g/mol. The molecule has 0 radical (unpaired) electrons. The molecule has 2 aromatic rings. The van der Waals surface area contributed by atoms with Gasteiger partial charge in [0.2, 0.25) is 11.7 Å². The maximum Gasteiger partial charge on any atom is 0.241 e. The van der Waals surface area contributed by atoms with Gasteiger partial charge in [-0.1, -0.05) is 5.16 Å². The summed E-state index contributed by atoms with van der Waals surface area (Å²) in [5, 5.41) is 13.4. The van der Waals surface area contributed by atoms with Crippen LogP contribution in [0.2, 0.25) is 0 Å². The molecule has 1 aromatic heterocycles. The molecule has 1 fully saturated rings. The zero-order valence-electron chi connectivity index (χ0n) is 12.2. The Morgan fingerprint density at radius 2 is 2.23 bits per heavy atom. The van der Waals surface area contributed by atoms with E-state index in [4.69, 9.17) is 4.52 Å². The van der Waals surface area contributed by atoms with E-state index in [1.54, 1.807) is 6.92 Å². The van der Waals surface area contributed by atoms with Crippen molar-refractivity contribution in [1.29, 1.82) is 0 Å². The van der Waals surface area contributed by atoms with E-state index in [9.17, 15) is 13.9 Å². The standard InChI is InChI=1S/C15H17F2N3O2/c1-9(21)11-4-5-20(7-11)8-14-18-15(19-22-14)10-2-3-12(16)13(17)6-10/h2-3,6,9,11,21H,4-5,7-8H2,1H3. The molecule has 0 saturated carbocycles. The van der Waals surface area contributed by atoms with E-state index < -0.39 is 11.6 Å². The number of halogens is 2. The van der Waals surface area contributed by atoms with Crippen molar-refractivity contribution < 1.29 is 18.4 Å². The van der Waals surface area contributed by atoms with Crippen LogP contribution in [0.1, 0.15) is 19.2 Å². The number of rotatable bonds is 4. The van der Waals surface area contributed by atoms with Crippen molar-refractivity contribution in [2.75, 3.05) is 13.1 Å². The summed E-state index contributed by atoms with van der Waals surface area (Å²) < 4.78 is 31.3. The molecule has 1 aliphatic rings. The van der Waals surface area contributed by atoms with Crippen LogP contribution >= 0.6 is 0 Å². The molecule has 0 bridgehead atoms. The summed E-state index contributed by atoms with van der Waals surface area (Å²) >= 11 is 0. The quantitative estimate of drug-likeness (QED) is 0.938. The summed E-state index contributed by atoms with van der Waals surface area (Å²) in [6, 6.07) is 3.49. The highest BCUT2D eigenvalue weighted by molar-refractivity contribution is 5.54. The zero-order valence-corrected chi connectivity index (χ0v) is 12.2. The molecule has 22 heavy (non-hydrogen) atoms. The lowest BCUT2D eigenvalue weighted by molar-refractivity contribution is 0.125. The van der Waals surface area contributed by atoms with Crippen LogP contribution in [0.25, 0.3) is 11.4 Å². The van der Waals surface area contributed by atoms with E-state index in [1.165, 1.54) is 6.07 Å². The number of hydrogen-bond donors (Lipinski definition) is 1. The summed E-state index contributed by atoms with van der Waals surface area (Å²) in [6.45, 7) is 3.92. The van der Waals surface area contributed by atoms with Crippen LogP contribution < -0.4 is 0 Å². The number of hydrogen-bond acceptors (Lipinski definition) is 5. The predicted octanol–water partition coefficient (Wildman–Crippen LogP) is 2.22. The van der Waals surface area contributed by atoms with Gasteiger partial charge in [0, 0.05) is 12.1 Å². The Morgan fingerprint density at radius 1 is 1.41 bits per heavy atom. The first kappa shape index (κ1) is 15.1. The average molecular weight is 309 g/mol. The SMILES string of the molecule is CC(O)C1CCN(Cc2nc(-c3ccc(F)c(F)c3)no2)C1. The highest BCUT2D eigenvalue weighted by Crippen LogP contribution is 2.23. The molecule has 1 aromatic carbocycles. The fraction of sp³-hybridized carbons (Fsp3) is 0.467. The van der Waals surface area contributed by atoms with Crippen molar-refractivity contribution in [1.82, 2.24) is 15.0 Å². The lowest BCUT2D eigenvalue weighted by atomic mass is 10.0. The number of nitrogens with zero attached hydrogens (tertiary/aromatic N) is 3. The van der Waals surface area contributed by atoms with Gasteiger partial charge in [-0.15, -0.1) is 0 Å². The van der Waals surface area contributed by atoms with Crippen LogP contribution in [0.3, 0.4) is 0 Å². The monoisotopic (exact) mass is 309 g/mol. The Bertz CT molecular complexity index is 660. The van der Waals surface area contributed by atoms with Crippen molar-refractivity contribution in [2.24, 2.45) is 5.92 Å². The van der Waals surface area contributed by atoms with Gasteiger partial charge < -0.3 is 9.63 Å². The van der Waals surface area contributed by atoms with Crippen molar-refractivity contribution in [3.63, 3.8) is 0 Å². The van der Waals surface area contributed by atoms with Crippen LogP contribution in [0, 0.1) is 17.6 Å². The average Bonchev–Trinajstić information content (AvgIpc) is 3.12. The summed E-state index contributed by atoms with van der Waals surface area (Å²) in [5.74, 6) is -0.934. The number of aliphatic hydroxyl groups excluding tert-OH is 1. The molecule has 5 nitrogen and oxygen atoms in total. The normalized spacial score (nSPS) is 20.5. The molecule has 1 saturated heterocycles. The predicted molar refractivity (Wildman–Crippen MR) is 74.7 cm³/mol. The molecule has 2 heterocycles. The van der Waals surface area contributed by atoms with Gasteiger partial charge >= 0.3 is 0 Å². The smallest absolute Gasteiger partial charge is 0.241 e. The zero-order chi connectivity index (χ0) is 15.7. The summed E-state index contributed by atoms with van der Waals surface area (Å²) in [7, 11) is 0.